The SMILES string of the molecule is CCNc1cccc(C(=O)N2CCCC2C2CCCC2)n1. The van der Waals surface area contributed by atoms with E-state index in [0.29, 0.717) is 17.7 Å². The predicted octanol–water partition coefficient (Wildman–Crippen LogP) is 3.31. The molecule has 21 heavy (non-hydrogen) atoms. The predicted molar refractivity (Wildman–Crippen MR) is 84.4 cm³/mol. The molecule has 1 saturated heterocycles. The van der Waals surface area contributed by atoms with Crippen molar-refractivity contribution < 1.29 is 4.79 Å². The highest BCUT2D eigenvalue weighted by Gasteiger charge is 2.36. The molecule has 2 heterocycles. The van der Waals surface area contributed by atoms with Gasteiger partial charge in [-0.25, -0.2) is 4.98 Å². The summed E-state index contributed by atoms with van der Waals surface area (Å²) in [6, 6.07) is 6.12. The highest BCUT2D eigenvalue weighted by Crippen LogP contribution is 2.35. The van der Waals surface area contributed by atoms with Crippen molar-refractivity contribution in [2.45, 2.75) is 51.5 Å². The quantitative estimate of drug-likeness (QED) is 0.924. The molecule has 1 atom stereocenters. The first-order chi connectivity index (χ1) is 10.3. The van der Waals surface area contributed by atoms with E-state index in [0.717, 1.165) is 25.3 Å². The molecule has 1 amide bonds. The molecule has 1 unspecified atom stereocenters. The number of amides is 1. The zero-order valence-corrected chi connectivity index (χ0v) is 12.8. The van der Waals surface area contributed by atoms with Crippen LogP contribution in [0.3, 0.4) is 0 Å². The summed E-state index contributed by atoms with van der Waals surface area (Å²) in [5.74, 6) is 1.62. The van der Waals surface area contributed by atoms with E-state index >= 15 is 0 Å². The summed E-state index contributed by atoms with van der Waals surface area (Å²) >= 11 is 0. The van der Waals surface area contributed by atoms with Crippen molar-refractivity contribution in [3.8, 4) is 0 Å². The van der Waals surface area contributed by atoms with Crippen LogP contribution in [0.4, 0.5) is 5.82 Å². The highest BCUT2D eigenvalue weighted by atomic mass is 16.2. The van der Waals surface area contributed by atoms with E-state index < -0.39 is 0 Å². The summed E-state index contributed by atoms with van der Waals surface area (Å²) in [5, 5.41) is 3.18. The number of rotatable bonds is 4. The first-order valence-corrected chi connectivity index (χ1v) is 8.31. The van der Waals surface area contributed by atoms with Gasteiger partial charge in [0, 0.05) is 19.1 Å². The van der Waals surface area contributed by atoms with Gasteiger partial charge in [-0.2, -0.15) is 0 Å². The van der Waals surface area contributed by atoms with E-state index in [9.17, 15) is 4.79 Å². The van der Waals surface area contributed by atoms with Crippen LogP contribution in [0.1, 0.15) is 55.9 Å². The summed E-state index contributed by atoms with van der Waals surface area (Å²) in [4.78, 5) is 19.4. The maximum absolute atomic E-state index is 12.8. The minimum Gasteiger partial charge on any atom is -0.370 e. The fourth-order valence-corrected chi connectivity index (χ4v) is 3.86. The maximum atomic E-state index is 12.8. The van der Waals surface area contributed by atoms with E-state index in [2.05, 4.69) is 15.2 Å². The minimum absolute atomic E-state index is 0.115. The van der Waals surface area contributed by atoms with Gasteiger partial charge < -0.3 is 10.2 Å². The van der Waals surface area contributed by atoms with E-state index in [1.165, 1.54) is 32.1 Å². The molecule has 1 saturated carbocycles. The first kappa shape index (κ1) is 14.4. The second kappa shape index (κ2) is 6.46. The molecule has 2 aliphatic rings. The van der Waals surface area contributed by atoms with E-state index in [-0.39, 0.29) is 5.91 Å². The Labute approximate surface area is 126 Å². The van der Waals surface area contributed by atoms with Crippen LogP contribution in [-0.4, -0.2) is 34.9 Å². The molecular formula is C17H25N3O. The molecule has 0 radical (unpaired) electrons. The lowest BCUT2D eigenvalue weighted by molar-refractivity contribution is 0.0683. The lowest BCUT2D eigenvalue weighted by Crippen LogP contribution is -2.39. The van der Waals surface area contributed by atoms with Gasteiger partial charge in [-0.05, 0) is 50.7 Å². The number of anilines is 1. The van der Waals surface area contributed by atoms with Crippen LogP contribution in [-0.2, 0) is 0 Å². The summed E-state index contributed by atoms with van der Waals surface area (Å²) in [7, 11) is 0. The normalized spacial score (nSPS) is 22.7. The molecule has 1 aliphatic carbocycles. The molecule has 4 heteroatoms. The Morgan fingerprint density at radius 1 is 1.29 bits per heavy atom. The molecule has 0 spiro atoms. The zero-order chi connectivity index (χ0) is 14.7. The fourth-order valence-electron chi connectivity index (χ4n) is 3.86. The van der Waals surface area contributed by atoms with Gasteiger partial charge >= 0.3 is 0 Å². The van der Waals surface area contributed by atoms with Crippen molar-refractivity contribution in [3.05, 3.63) is 23.9 Å². The molecule has 1 aromatic rings. The van der Waals surface area contributed by atoms with Crippen LogP contribution in [0.15, 0.2) is 18.2 Å². The van der Waals surface area contributed by atoms with Gasteiger partial charge in [0.05, 0.1) is 0 Å². The summed E-state index contributed by atoms with van der Waals surface area (Å²) in [6.45, 7) is 3.75. The molecule has 1 aliphatic heterocycles. The summed E-state index contributed by atoms with van der Waals surface area (Å²) < 4.78 is 0. The fraction of sp³-hybridized carbons (Fsp3) is 0.647. The van der Waals surface area contributed by atoms with Crippen LogP contribution in [0.25, 0.3) is 0 Å². The van der Waals surface area contributed by atoms with Crippen molar-refractivity contribution in [2.75, 3.05) is 18.4 Å². The number of aromatic nitrogens is 1. The molecule has 0 bridgehead atoms. The molecular weight excluding hydrogens is 262 g/mol. The standard InChI is InChI=1S/C17H25N3O/c1-2-18-16-11-5-9-14(19-16)17(21)20-12-6-10-15(20)13-7-3-4-8-13/h5,9,11,13,15H,2-4,6-8,10,12H2,1H3,(H,18,19). The Bertz CT molecular complexity index is 497. The number of carbonyl (C=O) groups excluding carboxylic acids is 1. The zero-order valence-electron chi connectivity index (χ0n) is 12.8. The van der Waals surface area contributed by atoms with Crippen LogP contribution in [0, 0.1) is 5.92 Å². The Morgan fingerprint density at radius 2 is 2.10 bits per heavy atom. The molecule has 1 N–H and O–H groups in total. The van der Waals surface area contributed by atoms with Gasteiger partial charge in [0.15, 0.2) is 0 Å². The van der Waals surface area contributed by atoms with Crippen molar-refractivity contribution in [1.29, 1.82) is 0 Å². The van der Waals surface area contributed by atoms with E-state index in [1.807, 2.05) is 25.1 Å². The Hall–Kier alpha value is -1.58. The Kier molecular flexibility index (Phi) is 4.42. The molecule has 0 aromatic carbocycles. The third-order valence-electron chi connectivity index (χ3n) is 4.83. The van der Waals surface area contributed by atoms with Crippen molar-refractivity contribution in [1.82, 2.24) is 9.88 Å². The van der Waals surface area contributed by atoms with Crippen LogP contribution < -0.4 is 5.32 Å². The molecule has 2 fully saturated rings. The lowest BCUT2D eigenvalue weighted by Gasteiger charge is -2.29. The molecule has 4 nitrogen and oxygen atoms in total. The first-order valence-electron chi connectivity index (χ1n) is 8.31. The number of nitrogens with zero attached hydrogens (tertiary/aromatic N) is 2. The largest absolute Gasteiger partial charge is 0.370 e. The average molecular weight is 287 g/mol. The summed E-state index contributed by atoms with van der Waals surface area (Å²) in [6.07, 6.45) is 7.55. The van der Waals surface area contributed by atoms with Crippen LogP contribution >= 0.6 is 0 Å². The van der Waals surface area contributed by atoms with Gasteiger partial charge in [-0.3, -0.25) is 4.79 Å². The van der Waals surface area contributed by atoms with E-state index in [4.69, 9.17) is 0 Å². The van der Waals surface area contributed by atoms with Crippen LogP contribution in [0.5, 0.6) is 0 Å². The Morgan fingerprint density at radius 3 is 2.86 bits per heavy atom. The van der Waals surface area contributed by atoms with Crippen LogP contribution in [0.2, 0.25) is 0 Å². The Balaban J connectivity index is 1.75. The molecule has 114 valence electrons. The smallest absolute Gasteiger partial charge is 0.272 e. The second-order valence-electron chi connectivity index (χ2n) is 6.19. The van der Waals surface area contributed by atoms with Crippen molar-refractivity contribution in [2.24, 2.45) is 5.92 Å². The van der Waals surface area contributed by atoms with Crippen molar-refractivity contribution >= 4 is 11.7 Å². The second-order valence-corrected chi connectivity index (χ2v) is 6.19. The third kappa shape index (κ3) is 3.04. The maximum Gasteiger partial charge on any atom is 0.272 e. The van der Waals surface area contributed by atoms with Gasteiger partial charge in [-0.1, -0.05) is 18.9 Å². The highest BCUT2D eigenvalue weighted by molar-refractivity contribution is 5.93. The molecule has 1 aromatic heterocycles. The number of pyridine rings is 1. The van der Waals surface area contributed by atoms with Gasteiger partial charge in [-0.15, -0.1) is 0 Å². The number of hydrogen-bond acceptors (Lipinski definition) is 3. The molecule has 3 rings (SSSR count). The lowest BCUT2D eigenvalue weighted by atomic mass is 9.96. The van der Waals surface area contributed by atoms with Gasteiger partial charge in [0.25, 0.3) is 5.91 Å². The summed E-state index contributed by atoms with van der Waals surface area (Å²) in [5.41, 5.74) is 0.582. The number of carbonyl (C=O) groups is 1. The van der Waals surface area contributed by atoms with Gasteiger partial charge in [0.1, 0.15) is 11.5 Å². The van der Waals surface area contributed by atoms with Crippen molar-refractivity contribution in [3.63, 3.8) is 0 Å². The topological polar surface area (TPSA) is 45.2 Å². The third-order valence-corrected chi connectivity index (χ3v) is 4.83. The number of likely N-dealkylation sites (tertiary alicyclic amines) is 1. The minimum atomic E-state index is 0.115. The average Bonchev–Trinajstić information content (AvgIpc) is 3.18. The monoisotopic (exact) mass is 287 g/mol. The number of hydrogen-bond donors (Lipinski definition) is 1. The number of nitrogens with one attached hydrogen (secondary N) is 1. The van der Waals surface area contributed by atoms with E-state index in [1.54, 1.807) is 0 Å². The van der Waals surface area contributed by atoms with Gasteiger partial charge in [0.2, 0.25) is 0 Å².